The Bertz CT molecular complexity index is 1040. The molecule has 1 aliphatic heterocycles. The molecule has 0 bridgehead atoms. The number of halogens is 4. The predicted molar refractivity (Wildman–Crippen MR) is 105 cm³/mol. The number of alkyl halides is 3. The summed E-state index contributed by atoms with van der Waals surface area (Å²) in [5, 5.41) is 2.71. The van der Waals surface area contributed by atoms with Gasteiger partial charge in [-0.05, 0) is 49.2 Å². The molecule has 0 spiro atoms. The van der Waals surface area contributed by atoms with Gasteiger partial charge in [0.25, 0.3) is 5.91 Å². The molecule has 0 unspecified atom stereocenters. The molecule has 0 saturated carbocycles. The van der Waals surface area contributed by atoms with E-state index in [1.807, 2.05) is 0 Å². The number of hydrogen-bond donors (Lipinski definition) is 1. The van der Waals surface area contributed by atoms with E-state index in [4.69, 9.17) is 16.3 Å². The maximum atomic E-state index is 12.8. The van der Waals surface area contributed by atoms with Gasteiger partial charge in [0.05, 0.1) is 10.6 Å². The van der Waals surface area contributed by atoms with Gasteiger partial charge >= 0.3 is 6.18 Å². The first kappa shape index (κ1) is 22.4. The normalized spacial score (nSPS) is 15.2. The Morgan fingerprint density at radius 3 is 2.47 bits per heavy atom. The molecule has 30 heavy (non-hydrogen) atoms. The summed E-state index contributed by atoms with van der Waals surface area (Å²) in [4.78, 5) is 12.4. The van der Waals surface area contributed by atoms with Gasteiger partial charge in [0.15, 0.2) is 6.61 Å². The Morgan fingerprint density at radius 2 is 1.83 bits per heavy atom. The molecule has 1 amide bonds. The number of benzene rings is 2. The molecule has 1 aliphatic rings. The van der Waals surface area contributed by atoms with Gasteiger partial charge in [0.2, 0.25) is 10.0 Å². The Kier molecular flexibility index (Phi) is 6.59. The topological polar surface area (TPSA) is 75.7 Å². The molecule has 1 heterocycles. The van der Waals surface area contributed by atoms with Gasteiger partial charge in [-0.2, -0.15) is 17.5 Å². The zero-order chi connectivity index (χ0) is 21.9. The van der Waals surface area contributed by atoms with Gasteiger partial charge in [0.1, 0.15) is 5.75 Å². The van der Waals surface area contributed by atoms with E-state index < -0.39 is 28.7 Å². The van der Waals surface area contributed by atoms with Crippen molar-refractivity contribution in [2.24, 2.45) is 0 Å². The smallest absolute Gasteiger partial charge is 0.422 e. The summed E-state index contributed by atoms with van der Waals surface area (Å²) < 4.78 is 69.4. The second-order valence-electron chi connectivity index (χ2n) is 6.64. The number of carbonyl (C=O) groups excluding carboxylic acids is 1. The first-order valence-electron chi connectivity index (χ1n) is 8.97. The molecule has 2 aromatic carbocycles. The molecule has 3 rings (SSSR count). The lowest BCUT2D eigenvalue weighted by Gasteiger charge is -2.18. The number of hydrogen-bond acceptors (Lipinski definition) is 4. The van der Waals surface area contributed by atoms with Crippen LogP contribution in [0.4, 0.5) is 18.9 Å². The zero-order valence-electron chi connectivity index (χ0n) is 15.6. The number of carbonyl (C=O) groups is 1. The number of amides is 1. The van der Waals surface area contributed by atoms with E-state index in [1.54, 1.807) is 6.07 Å². The maximum Gasteiger partial charge on any atom is 0.422 e. The van der Waals surface area contributed by atoms with Crippen LogP contribution in [0, 0.1) is 0 Å². The van der Waals surface area contributed by atoms with Gasteiger partial charge in [0, 0.05) is 23.7 Å². The fourth-order valence-corrected chi connectivity index (χ4v) is 4.69. The minimum Gasteiger partial charge on any atom is -0.482 e. The molecule has 0 aromatic heterocycles. The van der Waals surface area contributed by atoms with Crippen molar-refractivity contribution in [3.63, 3.8) is 0 Å². The van der Waals surface area contributed by atoms with Crippen molar-refractivity contribution in [1.82, 2.24) is 4.31 Å². The molecule has 1 N–H and O–H groups in total. The van der Waals surface area contributed by atoms with Gasteiger partial charge < -0.3 is 10.1 Å². The molecule has 162 valence electrons. The SMILES string of the molecule is O=C(Nc1cc(S(=O)(=O)N2CCCC2)ccc1OCC(F)(F)F)c1cccc(Cl)c1. The number of nitrogens with zero attached hydrogens (tertiary/aromatic N) is 1. The largest absolute Gasteiger partial charge is 0.482 e. The minimum atomic E-state index is -4.60. The monoisotopic (exact) mass is 462 g/mol. The van der Waals surface area contributed by atoms with E-state index >= 15 is 0 Å². The minimum absolute atomic E-state index is 0.148. The molecule has 2 aromatic rings. The third-order valence-electron chi connectivity index (χ3n) is 4.38. The highest BCUT2D eigenvalue weighted by atomic mass is 35.5. The number of rotatable bonds is 6. The number of ether oxygens (including phenoxy) is 1. The Hall–Kier alpha value is -2.30. The van der Waals surface area contributed by atoms with E-state index in [-0.39, 0.29) is 21.9 Å². The van der Waals surface area contributed by atoms with Gasteiger partial charge in [-0.1, -0.05) is 17.7 Å². The van der Waals surface area contributed by atoms with Crippen molar-refractivity contribution in [3.8, 4) is 5.75 Å². The fourth-order valence-electron chi connectivity index (χ4n) is 2.95. The lowest BCUT2D eigenvalue weighted by Crippen LogP contribution is -2.28. The van der Waals surface area contributed by atoms with Crippen molar-refractivity contribution < 1.29 is 31.1 Å². The molecule has 11 heteroatoms. The lowest BCUT2D eigenvalue weighted by molar-refractivity contribution is -0.153. The third-order valence-corrected chi connectivity index (χ3v) is 6.51. The Labute approximate surface area is 176 Å². The molecule has 0 aliphatic carbocycles. The van der Waals surface area contributed by atoms with Crippen molar-refractivity contribution >= 4 is 33.2 Å². The summed E-state index contributed by atoms with van der Waals surface area (Å²) in [6.07, 6.45) is -3.15. The second kappa shape index (κ2) is 8.83. The molecule has 1 fully saturated rings. The third kappa shape index (κ3) is 5.44. The average molecular weight is 463 g/mol. The lowest BCUT2D eigenvalue weighted by atomic mass is 10.2. The van der Waals surface area contributed by atoms with Crippen LogP contribution in [0.25, 0.3) is 0 Å². The van der Waals surface area contributed by atoms with E-state index in [9.17, 15) is 26.4 Å². The molecule has 6 nitrogen and oxygen atoms in total. The van der Waals surface area contributed by atoms with Crippen LogP contribution in [-0.2, 0) is 10.0 Å². The second-order valence-corrected chi connectivity index (χ2v) is 9.01. The highest BCUT2D eigenvalue weighted by molar-refractivity contribution is 7.89. The highest BCUT2D eigenvalue weighted by Crippen LogP contribution is 2.32. The van der Waals surface area contributed by atoms with Gasteiger partial charge in [-0.3, -0.25) is 4.79 Å². The van der Waals surface area contributed by atoms with Crippen LogP contribution in [0.15, 0.2) is 47.4 Å². The van der Waals surface area contributed by atoms with Gasteiger partial charge in [-0.25, -0.2) is 8.42 Å². The number of sulfonamides is 1. The summed E-state index contributed by atoms with van der Waals surface area (Å²) >= 11 is 5.87. The molecule has 0 atom stereocenters. The fraction of sp³-hybridized carbons (Fsp3) is 0.316. The standard InChI is InChI=1S/C19H18ClF3N2O4S/c20-14-5-3-4-13(10-14)18(26)24-16-11-15(30(27,28)25-8-1-2-9-25)6-7-17(16)29-12-19(21,22)23/h3-7,10-11H,1-2,8-9,12H2,(H,24,26). The van der Waals surface area contributed by atoms with E-state index in [0.717, 1.165) is 31.0 Å². The first-order valence-corrected chi connectivity index (χ1v) is 10.8. The van der Waals surface area contributed by atoms with Crippen LogP contribution in [0.1, 0.15) is 23.2 Å². The van der Waals surface area contributed by atoms with Crippen molar-refractivity contribution in [2.75, 3.05) is 25.0 Å². The van der Waals surface area contributed by atoms with Crippen molar-refractivity contribution in [2.45, 2.75) is 23.9 Å². The summed E-state index contributed by atoms with van der Waals surface area (Å²) in [7, 11) is -3.85. The molecular weight excluding hydrogens is 445 g/mol. The van der Waals surface area contributed by atoms with Crippen LogP contribution in [0.3, 0.4) is 0 Å². The summed E-state index contributed by atoms with van der Waals surface area (Å²) in [6.45, 7) is -0.872. The van der Waals surface area contributed by atoms with Gasteiger partial charge in [-0.15, -0.1) is 0 Å². The zero-order valence-corrected chi connectivity index (χ0v) is 17.1. The van der Waals surface area contributed by atoms with Crippen molar-refractivity contribution in [3.05, 3.63) is 53.1 Å². The van der Waals surface area contributed by atoms with Crippen LogP contribution in [-0.4, -0.2) is 44.5 Å². The maximum absolute atomic E-state index is 12.8. The summed E-state index contributed by atoms with van der Waals surface area (Å²) in [5.74, 6) is -0.979. The van der Waals surface area contributed by atoms with Crippen LogP contribution in [0.5, 0.6) is 5.75 Å². The van der Waals surface area contributed by atoms with E-state index in [2.05, 4.69) is 5.32 Å². The van der Waals surface area contributed by atoms with Crippen LogP contribution in [0.2, 0.25) is 5.02 Å². The quantitative estimate of drug-likeness (QED) is 0.693. The number of nitrogens with one attached hydrogen (secondary N) is 1. The molecule has 0 radical (unpaired) electrons. The van der Waals surface area contributed by atoms with E-state index in [1.165, 1.54) is 22.5 Å². The summed E-state index contributed by atoms with van der Waals surface area (Å²) in [6, 6.07) is 9.28. The molecular formula is C19H18ClF3N2O4S. The average Bonchev–Trinajstić information content (AvgIpc) is 3.22. The number of anilines is 1. The van der Waals surface area contributed by atoms with E-state index in [0.29, 0.717) is 18.1 Å². The Balaban J connectivity index is 1.94. The van der Waals surface area contributed by atoms with Crippen molar-refractivity contribution in [1.29, 1.82) is 0 Å². The van der Waals surface area contributed by atoms with Crippen LogP contribution >= 0.6 is 11.6 Å². The Morgan fingerprint density at radius 1 is 1.13 bits per heavy atom. The first-order chi connectivity index (χ1) is 14.1. The molecule has 1 saturated heterocycles. The predicted octanol–water partition coefficient (Wildman–Crippen LogP) is 4.32. The van der Waals surface area contributed by atoms with Crippen LogP contribution < -0.4 is 10.1 Å². The summed E-state index contributed by atoms with van der Waals surface area (Å²) in [5.41, 5.74) is -0.0402. The highest BCUT2D eigenvalue weighted by Gasteiger charge is 2.31.